The van der Waals surface area contributed by atoms with Crippen LogP contribution in [-0.4, -0.2) is 39.3 Å². The quantitative estimate of drug-likeness (QED) is 0.511. The first-order valence-electron chi connectivity index (χ1n) is 10.6. The third-order valence-corrected chi connectivity index (χ3v) is 7.15. The zero-order chi connectivity index (χ0) is 24.0. The van der Waals surface area contributed by atoms with Gasteiger partial charge in [-0.3, -0.25) is 9.10 Å². The summed E-state index contributed by atoms with van der Waals surface area (Å²) in [4.78, 5) is 12.6. The molecule has 0 aliphatic carbocycles. The highest BCUT2D eigenvalue weighted by Gasteiger charge is 2.27. The van der Waals surface area contributed by atoms with Crippen LogP contribution in [0.15, 0.2) is 78.9 Å². The van der Waals surface area contributed by atoms with Crippen molar-refractivity contribution in [1.82, 2.24) is 9.62 Å². The fourth-order valence-corrected chi connectivity index (χ4v) is 4.42. The van der Waals surface area contributed by atoms with Crippen LogP contribution in [0.25, 0.3) is 0 Å². The second kappa shape index (κ2) is 10.6. The van der Waals surface area contributed by atoms with E-state index >= 15 is 0 Å². The van der Waals surface area contributed by atoms with Gasteiger partial charge in [0.15, 0.2) is 0 Å². The Bertz CT molecular complexity index is 1180. The Hall–Kier alpha value is -3.23. The summed E-state index contributed by atoms with van der Waals surface area (Å²) >= 11 is 0. The van der Waals surface area contributed by atoms with Gasteiger partial charge in [-0.05, 0) is 41.3 Å². The number of nitrogens with one attached hydrogen (secondary N) is 1. The van der Waals surface area contributed by atoms with Crippen LogP contribution in [-0.2, 0) is 16.8 Å². The largest absolute Gasteiger partial charge is 0.351 e. The second-order valence-electron chi connectivity index (χ2n) is 7.97. The van der Waals surface area contributed by atoms with E-state index in [0.717, 1.165) is 14.2 Å². The van der Waals surface area contributed by atoms with E-state index in [2.05, 4.69) is 5.32 Å². The van der Waals surface area contributed by atoms with Gasteiger partial charge in [0.25, 0.3) is 5.91 Å². The maximum atomic E-state index is 14.4. The van der Waals surface area contributed by atoms with Gasteiger partial charge < -0.3 is 5.32 Å². The third kappa shape index (κ3) is 5.97. The summed E-state index contributed by atoms with van der Waals surface area (Å²) in [6.07, 6.45) is 0. The molecule has 3 aromatic rings. The predicted molar refractivity (Wildman–Crippen MR) is 129 cm³/mol. The molecular formula is C25H28FN3O3S. The van der Waals surface area contributed by atoms with Crippen LogP contribution in [0.4, 0.5) is 10.1 Å². The van der Waals surface area contributed by atoms with Gasteiger partial charge in [-0.15, -0.1) is 0 Å². The molecule has 3 aromatic carbocycles. The average Bonchev–Trinajstić information content (AvgIpc) is 2.82. The van der Waals surface area contributed by atoms with Crippen LogP contribution in [0.2, 0.25) is 0 Å². The number of hydrogen-bond acceptors (Lipinski definition) is 3. The molecule has 0 aromatic heterocycles. The van der Waals surface area contributed by atoms with Crippen molar-refractivity contribution in [1.29, 1.82) is 0 Å². The van der Waals surface area contributed by atoms with Crippen molar-refractivity contribution < 1.29 is 17.6 Å². The molecular weight excluding hydrogens is 441 g/mol. The monoisotopic (exact) mass is 469 g/mol. The first-order valence-corrected chi connectivity index (χ1v) is 12.0. The van der Waals surface area contributed by atoms with E-state index in [1.165, 1.54) is 32.3 Å². The number of anilines is 1. The van der Waals surface area contributed by atoms with Gasteiger partial charge in [0.2, 0.25) is 0 Å². The van der Waals surface area contributed by atoms with Crippen molar-refractivity contribution in [2.45, 2.75) is 19.4 Å². The van der Waals surface area contributed by atoms with Crippen molar-refractivity contribution in [2.24, 2.45) is 0 Å². The van der Waals surface area contributed by atoms with E-state index in [9.17, 15) is 17.6 Å². The lowest BCUT2D eigenvalue weighted by Gasteiger charge is -2.27. The van der Waals surface area contributed by atoms with Crippen LogP contribution in [0.5, 0.6) is 0 Å². The molecule has 3 rings (SSSR count). The molecule has 0 fully saturated rings. The molecule has 0 unspecified atom stereocenters. The highest BCUT2D eigenvalue weighted by molar-refractivity contribution is 7.90. The highest BCUT2D eigenvalue weighted by Crippen LogP contribution is 2.25. The number of para-hydroxylation sites is 1. The minimum atomic E-state index is -3.94. The smallest absolute Gasteiger partial charge is 0.303 e. The Labute approximate surface area is 194 Å². The summed E-state index contributed by atoms with van der Waals surface area (Å²) < 4.78 is 42.2. The maximum absolute atomic E-state index is 14.4. The fraction of sp³-hybridized carbons (Fsp3) is 0.240. The van der Waals surface area contributed by atoms with E-state index in [0.29, 0.717) is 17.7 Å². The number of rotatable bonds is 9. The zero-order valence-electron chi connectivity index (χ0n) is 18.9. The van der Waals surface area contributed by atoms with Crippen molar-refractivity contribution in [3.63, 3.8) is 0 Å². The summed E-state index contributed by atoms with van der Waals surface area (Å²) in [5.74, 6) is -0.678. The van der Waals surface area contributed by atoms with Gasteiger partial charge in [0.1, 0.15) is 5.82 Å². The number of hydrogen-bond donors (Lipinski definition) is 1. The van der Waals surface area contributed by atoms with Crippen molar-refractivity contribution in [3.05, 3.63) is 101 Å². The van der Waals surface area contributed by atoms with E-state index < -0.39 is 16.0 Å². The summed E-state index contributed by atoms with van der Waals surface area (Å²) in [7, 11) is -1.14. The van der Waals surface area contributed by atoms with E-state index in [-0.39, 0.29) is 24.1 Å². The molecule has 174 valence electrons. The van der Waals surface area contributed by atoms with Gasteiger partial charge in [-0.2, -0.15) is 12.7 Å². The topological polar surface area (TPSA) is 69.7 Å². The Morgan fingerprint density at radius 2 is 1.55 bits per heavy atom. The third-order valence-electron chi connectivity index (χ3n) is 5.34. The molecule has 0 spiro atoms. The Kier molecular flexibility index (Phi) is 7.84. The highest BCUT2D eigenvalue weighted by atomic mass is 32.2. The van der Waals surface area contributed by atoms with E-state index in [4.69, 9.17) is 0 Å². The van der Waals surface area contributed by atoms with Crippen LogP contribution >= 0.6 is 0 Å². The molecule has 33 heavy (non-hydrogen) atoms. The molecule has 0 heterocycles. The standard InChI is InChI=1S/C25H28FN3O3S/c1-19(21-9-5-4-6-10-21)17-27-25(30)22-15-13-20(14-16-22)18-29(33(31,32)28(2)3)24-12-8-7-11-23(24)26/h4-16,19H,17-18H2,1-3H3,(H,27,30)/t19-/m0/s1. The molecule has 6 nitrogen and oxygen atoms in total. The first-order chi connectivity index (χ1) is 15.7. The maximum Gasteiger partial charge on any atom is 0.303 e. The number of nitrogens with zero attached hydrogens (tertiary/aromatic N) is 2. The van der Waals surface area contributed by atoms with Crippen LogP contribution in [0.3, 0.4) is 0 Å². The predicted octanol–water partition coefficient (Wildman–Crippen LogP) is 4.17. The number of carbonyl (C=O) groups excluding carboxylic acids is 1. The minimum Gasteiger partial charge on any atom is -0.351 e. The molecule has 1 atom stereocenters. The van der Waals surface area contributed by atoms with Gasteiger partial charge in [0.05, 0.1) is 12.2 Å². The van der Waals surface area contributed by atoms with Gasteiger partial charge >= 0.3 is 10.2 Å². The summed E-state index contributed by atoms with van der Waals surface area (Å²) in [5, 5.41) is 2.93. The van der Waals surface area contributed by atoms with Crippen molar-refractivity contribution >= 4 is 21.8 Å². The molecule has 0 aliphatic heterocycles. The molecule has 0 saturated heterocycles. The Morgan fingerprint density at radius 1 is 0.939 bits per heavy atom. The summed E-state index contributed by atoms with van der Waals surface area (Å²) in [5.41, 5.74) is 2.19. The molecule has 0 radical (unpaired) electrons. The van der Waals surface area contributed by atoms with Gasteiger partial charge in [0, 0.05) is 26.2 Å². The lowest BCUT2D eigenvalue weighted by Crippen LogP contribution is -2.40. The first kappa shape index (κ1) is 24.4. The SMILES string of the molecule is C[C@@H](CNC(=O)c1ccc(CN(c2ccccc2F)S(=O)(=O)N(C)C)cc1)c1ccccc1. The summed E-state index contributed by atoms with van der Waals surface area (Å²) in [6.45, 7) is 2.46. The molecule has 0 bridgehead atoms. The average molecular weight is 470 g/mol. The lowest BCUT2D eigenvalue weighted by molar-refractivity contribution is 0.0951. The van der Waals surface area contributed by atoms with Crippen LogP contribution < -0.4 is 9.62 Å². The molecule has 1 amide bonds. The van der Waals surface area contributed by atoms with Crippen molar-refractivity contribution in [3.8, 4) is 0 Å². The molecule has 8 heteroatoms. The second-order valence-corrected chi connectivity index (χ2v) is 10.0. The fourth-order valence-electron chi connectivity index (χ4n) is 3.32. The summed E-state index contributed by atoms with van der Waals surface area (Å²) in [6, 6.07) is 22.3. The zero-order valence-corrected chi connectivity index (χ0v) is 19.7. The molecule has 0 saturated carbocycles. The van der Waals surface area contributed by atoms with Crippen molar-refractivity contribution in [2.75, 3.05) is 24.9 Å². The normalized spacial score (nSPS) is 12.4. The number of carbonyl (C=O) groups is 1. The van der Waals surface area contributed by atoms with E-state index in [1.54, 1.807) is 30.3 Å². The Balaban J connectivity index is 1.72. The minimum absolute atomic E-state index is 0.0390. The van der Waals surface area contributed by atoms with Crippen LogP contribution in [0.1, 0.15) is 34.3 Å². The lowest BCUT2D eigenvalue weighted by atomic mass is 10.0. The molecule has 1 N–H and O–H groups in total. The number of halogens is 1. The van der Waals surface area contributed by atoms with Gasteiger partial charge in [-0.1, -0.05) is 61.5 Å². The number of amides is 1. The van der Waals surface area contributed by atoms with E-state index in [1.807, 2.05) is 37.3 Å². The molecule has 0 aliphatic rings. The number of benzene rings is 3. The van der Waals surface area contributed by atoms with Gasteiger partial charge in [-0.25, -0.2) is 4.39 Å². The Morgan fingerprint density at radius 3 is 2.15 bits per heavy atom. The van der Waals surface area contributed by atoms with Crippen LogP contribution in [0, 0.1) is 5.82 Å².